The summed E-state index contributed by atoms with van der Waals surface area (Å²) in [5.41, 5.74) is 7.17. The minimum absolute atomic E-state index is 0. The quantitative estimate of drug-likeness (QED) is 0.699. The molecule has 2 unspecified atom stereocenters. The van der Waals surface area contributed by atoms with Gasteiger partial charge in [-0.15, -0.1) is 12.4 Å². The van der Waals surface area contributed by atoms with E-state index in [9.17, 15) is 13.2 Å². The standard InChI is InChI=1S/C18H21ClN2O4S.ClH/c1-25-11-16(20)18(22)21-17(12-6-8-14(19)9-7-12)13-4-3-5-15(10-13)26(2,23)24;/h3-10,16-17H,11,20H2,1-2H3,(H,21,22);1H. The molecule has 0 spiro atoms. The molecule has 0 aliphatic rings. The minimum Gasteiger partial charge on any atom is -0.383 e. The van der Waals surface area contributed by atoms with Crippen LogP contribution in [0.25, 0.3) is 0 Å². The number of carbonyl (C=O) groups excluding carboxylic acids is 1. The Hall–Kier alpha value is -1.64. The Kier molecular flexibility index (Phi) is 8.71. The van der Waals surface area contributed by atoms with Crippen LogP contribution in [0.2, 0.25) is 5.02 Å². The van der Waals surface area contributed by atoms with Crippen LogP contribution < -0.4 is 11.1 Å². The smallest absolute Gasteiger partial charge is 0.240 e. The van der Waals surface area contributed by atoms with E-state index in [1.807, 2.05) is 0 Å². The van der Waals surface area contributed by atoms with E-state index >= 15 is 0 Å². The zero-order chi connectivity index (χ0) is 19.3. The Balaban J connectivity index is 0.00000364. The van der Waals surface area contributed by atoms with Crippen molar-refractivity contribution in [2.75, 3.05) is 20.0 Å². The number of benzene rings is 2. The molecule has 9 heteroatoms. The zero-order valence-electron chi connectivity index (χ0n) is 14.9. The number of hydrogen-bond acceptors (Lipinski definition) is 5. The monoisotopic (exact) mass is 432 g/mol. The highest BCUT2D eigenvalue weighted by Crippen LogP contribution is 2.25. The summed E-state index contributed by atoms with van der Waals surface area (Å²) in [7, 11) is -1.92. The van der Waals surface area contributed by atoms with Crippen LogP contribution >= 0.6 is 24.0 Å². The molecule has 27 heavy (non-hydrogen) atoms. The van der Waals surface area contributed by atoms with Crippen molar-refractivity contribution in [1.29, 1.82) is 0 Å². The maximum absolute atomic E-state index is 12.4. The Morgan fingerprint density at radius 2 is 1.81 bits per heavy atom. The Morgan fingerprint density at radius 3 is 2.37 bits per heavy atom. The van der Waals surface area contributed by atoms with Crippen LogP contribution in [0, 0.1) is 0 Å². The molecule has 0 saturated carbocycles. The van der Waals surface area contributed by atoms with Crippen molar-refractivity contribution in [2.24, 2.45) is 5.73 Å². The number of methoxy groups -OCH3 is 1. The average molecular weight is 433 g/mol. The second-order valence-corrected chi connectivity index (χ2v) is 8.35. The van der Waals surface area contributed by atoms with Gasteiger partial charge >= 0.3 is 0 Å². The van der Waals surface area contributed by atoms with Gasteiger partial charge in [-0.1, -0.05) is 35.9 Å². The fourth-order valence-corrected chi connectivity index (χ4v) is 3.25. The number of hydrogen-bond donors (Lipinski definition) is 2. The molecule has 3 N–H and O–H groups in total. The lowest BCUT2D eigenvalue weighted by Gasteiger charge is -2.22. The van der Waals surface area contributed by atoms with Crippen LogP contribution in [0.15, 0.2) is 53.4 Å². The Bertz CT molecular complexity index is 873. The predicted octanol–water partition coefficient (Wildman–Crippen LogP) is 2.34. The molecule has 2 aromatic carbocycles. The van der Waals surface area contributed by atoms with Gasteiger partial charge in [0.25, 0.3) is 0 Å². The van der Waals surface area contributed by atoms with Crippen molar-refractivity contribution in [2.45, 2.75) is 17.0 Å². The van der Waals surface area contributed by atoms with Gasteiger partial charge in [-0.05, 0) is 35.4 Å². The molecular weight excluding hydrogens is 411 g/mol. The van der Waals surface area contributed by atoms with E-state index in [0.29, 0.717) is 10.6 Å². The molecule has 0 heterocycles. The van der Waals surface area contributed by atoms with E-state index in [0.717, 1.165) is 11.8 Å². The van der Waals surface area contributed by atoms with Crippen molar-refractivity contribution in [3.8, 4) is 0 Å². The van der Waals surface area contributed by atoms with Crippen molar-refractivity contribution in [3.63, 3.8) is 0 Å². The lowest BCUT2D eigenvalue weighted by molar-refractivity contribution is -0.123. The van der Waals surface area contributed by atoms with Gasteiger partial charge in [0.1, 0.15) is 6.04 Å². The molecule has 0 radical (unpaired) electrons. The van der Waals surface area contributed by atoms with Crippen molar-refractivity contribution >= 4 is 39.8 Å². The minimum atomic E-state index is -3.38. The number of nitrogens with two attached hydrogens (primary N) is 1. The predicted molar refractivity (Wildman–Crippen MR) is 108 cm³/mol. The van der Waals surface area contributed by atoms with Gasteiger partial charge in [0.2, 0.25) is 5.91 Å². The van der Waals surface area contributed by atoms with Crippen LogP contribution in [0.3, 0.4) is 0 Å². The lowest BCUT2D eigenvalue weighted by Crippen LogP contribution is -2.45. The number of amides is 1. The molecule has 0 saturated heterocycles. The molecule has 1 amide bonds. The highest BCUT2D eigenvalue weighted by Gasteiger charge is 2.22. The van der Waals surface area contributed by atoms with Crippen molar-refractivity contribution in [1.82, 2.24) is 5.32 Å². The molecule has 2 atom stereocenters. The van der Waals surface area contributed by atoms with Gasteiger partial charge < -0.3 is 15.8 Å². The Morgan fingerprint density at radius 1 is 1.19 bits per heavy atom. The van der Waals surface area contributed by atoms with E-state index in [1.165, 1.54) is 19.2 Å². The van der Waals surface area contributed by atoms with Gasteiger partial charge in [-0.3, -0.25) is 4.79 Å². The molecule has 0 fully saturated rings. The maximum Gasteiger partial charge on any atom is 0.240 e. The highest BCUT2D eigenvalue weighted by molar-refractivity contribution is 7.90. The largest absolute Gasteiger partial charge is 0.383 e. The third-order valence-corrected chi connectivity index (χ3v) is 5.15. The summed E-state index contributed by atoms with van der Waals surface area (Å²) in [6, 6.07) is 11.9. The summed E-state index contributed by atoms with van der Waals surface area (Å²) in [4.78, 5) is 12.5. The first-order chi connectivity index (χ1) is 12.2. The summed E-state index contributed by atoms with van der Waals surface area (Å²) >= 11 is 5.94. The van der Waals surface area contributed by atoms with Gasteiger partial charge in [0, 0.05) is 18.4 Å². The Labute approximate surface area is 170 Å². The normalized spacial score (nSPS) is 13.3. The van der Waals surface area contributed by atoms with Crippen LogP contribution in [0.4, 0.5) is 0 Å². The average Bonchev–Trinajstić information content (AvgIpc) is 2.60. The van der Waals surface area contributed by atoms with E-state index < -0.39 is 27.8 Å². The molecule has 6 nitrogen and oxygen atoms in total. The van der Waals surface area contributed by atoms with Crippen molar-refractivity contribution < 1.29 is 17.9 Å². The van der Waals surface area contributed by atoms with Gasteiger partial charge in [0.15, 0.2) is 9.84 Å². The van der Waals surface area contributed by atoms with E-state index in [4.69, 9.17) is 22.1 Å². The first-order valence-electron chi connectivity index (χ1n) is 7.82. The molecule has 0 bridgehead atoms. The van der Waals surface area contributed by atoms with E-state index in [1.54, 1.807) is 36.4 Å². The number of nitrogens with one attached hydrogen (secondary N) is 1. The van der Waals surface area contributed by atoms with Crippen LogP contribution in [0.1, 0.15) is 17.2 Å². The molecule has 2 rings (SSSR count). The number of carbonyl (C=O) groups is 1. The number of ether oxygens (including phenoxy) is 1. The second-order valence-electron chi connectivity index (χ2n) is 5.90. The SMILES string of the molecule is COCC(N)C(=O)NC(c1ccc(Cl)cc1)c1cccc(S(C)(=O)=O)c1.Cl. The zero-order valence-corrected chi connectivity index (χ0v) is 17.3. The van der Waals surface area contributed by atoms with E-state index in [-0.39, 0.29) is 23.9 Å². The summed E-state index contributed by atoms with van der Waals surface area (Å²) in [5.74, 6) is -0.406. The summed E-state index contributed by atoms with van der Waals surface area (Å²) in [6.07, 6.45) is 1.14. The summed E-state index contributed by atoms with van der Waals surface area (Å²) in [6.45, 7) is 0.0720. The molecule has 0 aromatic heterocycles. The molecular formula is C18H22Cl2N2O4S. The van der Waals surface area contributed by atoms with Gasteiger partial charge in [-0.2, -0.15) is 0 Å². The molecule has 0 aliphatic heterocycles. The van der Waals surface area contributed by atoms with Gasteiger partial charge in [0.05, 0.1) is 17.5 Å². The topological polar surface area (TPSA) is 98.5 Å². The van der Waals surface area contributed by atoms with Gasteiger partial charge in [-0.25, -0.2) is 8.42 Å². The third-order valence-electron chi connectivity index (χ3n) is 3.79. The van der Waals surface area contributed by atoms with Crippen LogP contribution in [-0.2, 0) is 19.4 Å². The number of halogens is 2. The maximum atomic E-state index is 12.4. The first-order valence-corrected chi connectivity index (χ1v) is 10.1. The number of rotatable bonds is 7. The van der Waals surface area contributed by atoms with Crippen molar-refractivity contribution in [3.05, 3.63) is 64.7 Å². The third kappa shape index (κ3) is 6.48. The summed E-state index contributed by atoms with van der Waals surface area (Å²) in [5, 5.41) is 3.41. The lowest BCUT2D eigenvalue weighted by atomic mass is 9.98. The number of sulfone groups is 1. The van der Waals surface area contributed by atoms with E-state index in [2.05, 4.69) is 5.32 Å². The molecule has 148 valence electrons. The highest BCUT2D eigenvalue weighted by atomic mass is 35.5. The fourth-order valence-electron chi connectivity index (χ4n) is 2.44. The van der Waals surface area contributed by atoms with Crippen LogP contribution in [0.5, 0.6) is 0 Å². The fraction of sp³-hybridized carbons (Fsp3) is 0.278. The molecule has 2 aromatic rings. The summed E-state index contributed by atoms with van der Waals surface area (Å²) < 4.78 is 28.6. The first kappa shape index (κ1) is 23.4. The van der Waals surface area contributed by atoms with Crippen LogP contribution in [-0.4, -0.2) is 40.3 Å². The molecule has 0 aliphatic carbocycles. The second kappa shape index (κ2) is 10.1.